The molecule has 0 radical (unpaired) electrons. The Hall–Kier alpha value is -1.67. The fourth-order valence-electron chi connectivity index (χ4n) is 2.18. The molecule has 0 atom stereocenters. The first-order chi connectivity index (χ1) is 9.60. The smallest absolute Gasteiger partial charge is 0.124 e. The molecule has 0 saturated carbocycles. The van der Waals surface area contributed by atoms with Crippen molar-refractivity contribution in [3.8, 4) is 5.75 Å². The Labute approximate surface area is 125 Å². The average Bonchev–Trinajstić information content (AvgIpc) is 2.41. The van der Waals surface area contributed by atoms with Gasteiger partial charge in [0.2, 0.25) is 0 Å². The zero-order chi connectivity index (χ0) is 14.5. The Morgan fingerprint density at radius 1 is 1.10 bits per heavy atom. The van der Waals surface area contributed by atoms with E-state index in [1.54, 1.807) is 0 Å². The maximum atomic E-state index is 6.07. The Morgan fingerprint density at radius 2 is 1.90 bits per heavy atom. The molecular formula is C17H20ClNO. The van der Waals surface area contributed by atoms with Gasteiger partial charge in [-0.25, -0.2) is 0 Å². The van der Waals surface area contributed by atoms with Crippen molar-refractivity contribution in [2.75, 3.05) is 11.9 Å². The Morgan fingerprint density at radius 3 is 2.60 bits per heavy atom. The molecule has 0 aliphatic rings. The molecule has 0 aliphatic carbocycles. The molecule has 0 aliphatic heterocycles. The summed E-state index contributed by atoms with van der Waals surface area (Å²) in [6.07, 6.45) is 0. The van der Waals surface area contributed by atoms with Crippen LogP contribution in [0.25, 0.3) is 0 Å². The molecule has 0 bridgehead atoms. The van der Waals surface area contributed by atoms with Gasteiger partial charge in [-0.15, -0.1) is 0 Å². The summed E-state index contributed by atoms with van der Waals surface area (Å²) in [5.41, 5.74) is 4.72. The van der Waals surface area contributed by atoms with Gasteiger partial charge in [0.25, 0.3) is 0 Å². The predicted molar refractivity (Wildman–Crippen MR) is 85.9 cm³/mol. The molecule has 2 aromatic carbocycles. The molecule has 20 heavy (non-hydrogen) atoms. The van der Waals surface area contributed by atoms with Gasteiger partial charge in [0.15, 0.2) is 0 Å². The summed E-state index contributed by atoms with van der Waals surface area (Å²) < 4.78 is 5.63. The predicted octanol–water partition coefficient (Wildman–Crippen LogP) is 4.97. The van der Waals surface area contributed by atoms with E-state index in [-0.39, 0.29) is 0 Å². The van der Waals surface area contributed by atoms with Crippen LogP contribution in [-0.4, -0.2) is 6.61 Å². The van der Waals surface area contributed by atoms with E-state index >= 15 is 0 Å². The van der Waals surface area contributed by atoms with E-state index in [0.717, 1.165) is 22.0 Å². The molecule has 2 rings (SSSR count). The van der Waals surface area contributed by atoms with Crippen LogP contribution in [0.15, 0.2) is 36.4 Å². The lowest BCUT2D eigenvalue weighted by Crippen LogP contribution is -2.04. The summed E-state index contributed by atoms with van der Waals surface area (Å²) in [7, 11) is 0. The van der Waals surface area contributed by atoms with Crippen molar-refractivity contribution >= 4 is 17.3 Å². The number of aryl methyl sites for hydroxylation is 2. The summed E-state index contributed by atoms with van der Waals surface area (Å²) >= 11 is 6.07. The summed E-state index contributed by atoms with van der Waals surface area (Å²) in [6.45, 7) is 7.53. The van der Waals surface area contributed by atoms with Crippen LogP contribution in [0.2, 0.25) is 5.02 Å². The van der Waals surface area contributed by atoms with Crippen LogP contribution in [0, 0.1) is 13.8 Å². The van der Waals surface area contributed by atoms with Crippen molar-refractivity contribution in [3.05, 3.63) is 58.1 Å². The zero-order valence-corrected chi connectivity index (χ0v) is 12.9. The van der Waals surface area contributed by atoms with Crippen LogP contribution < -0.4 is 10.1 Å². The SMILES string of the molecule is CCOc1ccc(Cl)cc1CNc1ccc(C)cc1C. The van der Waals surface area contributed by atoms with Crippen molar-refractivity contribution in [2.24, 2.45) is 0 Å². The van der Waals surface area contributed by atoms with E-state index < -0.39 is 0 Å². The minimum Gasteiger partial charge on any atom is -0.494 e. The first kappa shape index (κ1) is 14.7. The number of hydrogen-bond acceptors (Lipinski definition) is 2. The van der Waals surface area contributed by atoms with Crippen molar-refractivity contribution in [3.63, 3.8) is 0 Å². The van der Waals surface area contributed by atoms with E-state index in [0.29, 0.717) is 13.2 Å². The van der Waals surface area contributed by atoms with Gasteiger partial charge in [-0.05, 0) is 50.6 Å². The Kier molecular flexibility index (Phi) is 4.91. The molecule has 0 saturated heterocycles. The highest BCUT2D eigenvalue weighted by atomic mass is 35.5. The van der Waals surface area contributed by atoms with E-state index in [9.17, 15) is 0 Å². The van der Waals surface area contributed by atoms with Crippen molar-refractivity contribution in [2.45, 2.75) is 27.3 Å². The first-order valence-corrected chi connectivity index (χ1v) is 7.20. The molecule has 2 nitrogen and oxygen atoms in total. The highest BCUT2D eigenvalue weighted by Crippen LogP contribution is 2.25. The van der Waals surface area contributed by atoms with Gasteiger partial charge in [0, 0.05) is 22.8 Å². The molecule has 0 fully saturated rings. The maximum absolute atomic E-state index is 6.07. The normalized spacial score (nSPS) is 10.4. The molecule has 0 heterocycles. The number of benzene rings is 2. The second kappa shape index (κ2) is 6.67. The number of halogens is 1. The lowest BCUT2D eigenvalue weighted by atomic mass is 10.1. The maximum Gasteiger partial charge on any atom is 0.124 e. The zero-order valence-electron chi connectivity index (χ0n) is 12.2. The van der Waals surface area contributed by atoms with E-state index in [1.165, 1.54) is 11.1 Å². The molecule has 0 amide bonds. The van der Waals surface area contributed by atoms with Gasteiger partial charge in [-0.1, -0.05) is 29.3 Å². The number of rotatable bonds is 5. The van der Waals surface area contributed by atoms with Gasteiger partial charge in [0.1, 0.15) is 5.75 Å². The number of hydrogen-bond donors (Lipinski definition) is 1. The quantitative estimate of drug-likeness (QED) is 0.839. The summed E-state index contributed by atoms with van der Waals surface area (Å²) in [4.78, 5) is 0. The molecule has 0 aromatic heterocycles. The van der Waals surface area contributed by atoms with E-state index in [1.807, 2.05) is 25.1 Å². The van der Waals surface area contributed by atoms with Crippen LogP contribution in [0.4, 0.5) is 5.69 Å². The molecule has 0 spiro atoms. The summed E-state index contributed by atoms with van der Waals surface area (Å²) in [5, 5.41) is 4.17. The molecular weight excluding hydrogens is 270 g/mol. The highest BCUT2D eigenvalue weighted by Gasteiger charge is 2.05. The number of ether oxygens (including phenoxy) is 1. The lowest BCUT2D eigenvalue weighted by Gasteiger charge is -2.14. The average molecular weight is 290 g/mol. The third-order valence-corrected chi connectivity index (χ3v) is 3.41. The van der Waals surface area contributed by atoms with E-state index in [2.05, 4.69) is 37.4 Å². The van der Waals surface area contributed by atoms with Gasteiger partial charge < -0.3 is 10.1 Å². The van der Waals surface area contributed by atoms with Crippen LogP contribution in [-0.2, 0) is 6.54 Å². The van der Waals surface area contributed by atoms with Crippen LogP contribution in [0.3, 0.4) is 0 Å². The second-order valence-corrected chi connectivity index (χ2v) is 5.29. The molecule has 0 unspecified atom stereocenters. The third kappa shape index (κ3) is 3.67. The molecule has 2 aromatic rings. The molecule has 106 valence electrons. The lowest BCUT2D eigenvalue weighted by molar-refractivity contribution is 0.337. The Bertz CT molecular complexity index is 596. The fraction of sp³-hybridized carbons (Fsp3) is 0.294. The number of nitrogens with one attached hydrogen (secondary N) is 1. The fourth-order valence-corrected chi connectivity index (χ4v) is 2.38. The van der Waals surface area contributed by atoms with Gasteiger partial charge in [0.05, 0.1) is 6.61 Å². The summed E-state index contributed by atoms with van der Waals surface area (Å²) in [6, 6.07) is 12.1. The van der Waals surface area contributed by atoms with Crippen LogP contribution in [0.1, 0.15) is 23.6 Å². The topological polar surface area (TPSA) is 21.3 Å². The molecule has 3 heteroatoms. The van der Waals surface area contributed by atoms with Crippen molar-refractivity contribution in [1.29, 1.82) is 0 Å². The number of anilines is 1. The monoisotopic (exact) mass is 289 g/mol. The minimum atomic E-state index is 0.651. The Balaban J connectivity index is 2.15. The minimum absolute atomic E-state index is 0.651. The second-order valence-electron chi connectivity index (χ2n) is 4.86. The largest absolute Gasteiger partial charge is 0.494 e. The van der Waals surface area contributed by atoms with Crippen LogP contribution >= 0.6 is 11.6 Å². The molecule has 1 N–H and O–H groups in total. The van der Waals surface area contributed by atoms with Crippen molar-refractivity contribution < 1.29 is 4.74 Å². The first-order valence-electron chi connectivity index (χ1n) is 6.82. The summed E-state index contributed by atoms with van der Waals surface area (Å²) in [5.74, 6) is 0.883. The van der Waals surface area contributed by atoms with Gasteiger partial charge >= 0.3 is 0 Å². The van der Waals surface area contributed by atoms with Crippen molar-refractivity contribution in [1.82, 2.24) is 0 Å². The van der Waals surface area contributed by atoms with E-state index in [4.69, 9.17) is 16.3 Å². The van der Waals surface area contributed by atoms with Gasteiger partial charge in [-0.2, -0.15) is 0 Å². The van der Waals surface area contributed by atoms with Crippen LogP contribution in [0.5, 0.6) is 5.75 Å². The standard InChI is InChI=1S/C17H20ClNO/c1-4-20-17-8-6-15(18)10-14(17)11-19-16-7-5-12(2)9-13(16)3/h5-10,19H,4,11H2,1-3H3. The third-order valence-electron chi connectivity index (χ3n) is 3.17. The highest BCUT2D eigenvalue weighted by molar-refractivity contribution is 6.30. The van der Waals surface area contributed by atoms with Gasteiger partial charge in [-0.3, -0.25) is 0 Å².